The van der Waals surface area contributed by atoms with E-state index in [1.807, 2.05) is 30.3 Å². The van der Waals surface area contributed by atoms with Gasteiger partial charge >= 0.3 is 0 Å². The van der Waals surface area contributed by atoms with E-state index in [0.717, 1.165) is 25.1 Å². The Morgan fingerprint density at radius 3 is 2.80 bits per heavy atom. The van der Waals surface area contributed by atoms with Gasteiger partial charge in [-0.15, -0.1) is 12.4 Å². The van der Waals surface area contributed by atoms with E-state index in [9.17, 15) is 9.90 Å². The Labute approximate surface area is 126 Å². The highest BCUT2D eigenvalue weighted by Gasteiger charge is 2.16. The van der Waals surface area contributed by atoms with Gasteiger partial charge in [0.15, 0.2) is 0 Å². The van der Waals surface area contributed by atoms with Crippen LogP contribution < -0.4 is 10.6 Å². The van der Waals surface area contributed by atoms with E-state index in [1.165, 1.54) is 6.42 Å². The van der Waals surface area contributed by atoms with E-state index in [1.54, 1.807) is 0 Å². The zero-order valence-corrected chi connectivity index (χ0v) is 12.4. The average Bonchev–Trinajstić information content (AvgIpc) is 2.96. The molecule has 20 heavy (non-hydrogen) atoms. The van der Waals surface area contributed by atoms with Crippen LogP contribution in [-0.4, -0.2) is 30.6 Å². The van der Waals surface area contributed by atoms with Crippen molar-refractivity contribution in [3.8, 4) is 0 Å². The Hall–Kier alpha value is -1.10. The maximum Gasteiger partial charge on any atom is 0.220 e. The molecule has 2 unspecified atom stereocenters. The molecule has 112 valence electrons. The SMILES string of the molecule is Cl.O=C(CCC1CCNC1)NCC(O)c1ccccc1. The molecular weight excluding hydrogens is 276 g/mol. The smallest absolute Gasteiger partial charge is 0.220 e. The van der Waals surface area contributed by atoms with Gasteiger partial charge < -0.3 is 15.7 Å². The first-order valence-corrected chi connectivity index (χ1v) is 6.96. The van der Waals surface area contributed by atoms with Crippen molar-refractivity contribution in [1.82, 2.24) is 10.6 Å². The molecule has 1 aromatic rings. The van der Waals surface area contributed by atoms with E-state index >= 15 is 0 Å². The quantitative estimate of drug-likeness (QED) is 0.748. The van der Waals surface area contributed by atoms with Gasteiger partial charge in [0.1, 0.15) is 0 Å². The minimum Gasteiger partial charge on any atom is -0.387 e. The van der Waals surface area contributed by atoms with Gasteiger partial charge in [0.05, 0.1) is 6.10 Å². The molecular formula is C15H23ClN2O2. The molecule has 1 saturated heterocycles. The van der Waals surface area contributed by atoms with Crippen molar-refractivity contribution in [2.45, 2.75) is 25.4 Å². The summed E-state index contributed by atoms with van der Waals surface area (Å²) in [6.07, 6.45) is 2.02. The second kappa shape index (κ2) is 8.95. The molecule has 1 aromatic carbocycles. The lowest BCUT2D eigenvalue weighted by molar-refractivity contribution is -0.121. The van der Waals surface area contributed by atoms with Crippen molar-refractivity contribution in [2.75, 3.05) is 19.6 Å². The van der Waals surface area contributed by atoms with Crippen molar-refractivity contribution in [1.29, 1.82) is 0 Å². The first-order valence-electron chi connectivity index (χ1n) is 6.96. The van der Waals surface area contributed by atoms with Crippen molar-refractivity contribution in [2.24, 2.45) is 5.92 Å². The van der Waals surface area contributed by atoms with Crippen LogP contribution in [-0.2, 0) is 4.79 Å². The summed E-state index contributed by atoms with van der Waals surface area (Å²) in [4.78, 5) is 11.7. The number of amides is 1. The molecule has 0 bridgehead atoms. The summed E-state index contributed by atoms with van der Waals surface area (Å²) in [5, 5.41) is 16.0. The summed E-state index contributed by atoms with van der Waals surface area (Å²) in [6.45, 7) is 2.38. The van der Waals surface area contributed by atoms with E-state index in [2.05, 4.69) is 10.6 Å². The Bertz CT molecular complexity index is 394. The Kier molecular flexibility index (Phi) is 7.59. The van der Waals surface area contributed by atoms with Crippen LogP contribution in [0.5, 0.6) is 0 Å². The number of nitrogens with one attached hydrogen (secondary N) is 2. The van der Waals surface area contributed by atoms with Gasteiger partial charge in [-0.1, -0.05) is 30.3 Å². The molecule has 2 rings (SSSR count). The predicted molar refractivity (Wildman–Crippen MR) is 81.9 cm³/mol. The molecule has 4 nitrogen and oxygen atoms in total. The number of hydrogen-bond acceptors (Lipinski definition) is 3. The van der Waals surface area contributed by atoms with Gasteiger partial charge in [0, 0.05) is 13.0 Å². The highest BCUT2D eigenvalue weighted by molar-refractivity contribution is 5.85. The Morgan fingerprint density at radius 1 is 1.40 bits per heavy atom. The zero-order chi connectivity index (χ0) is 13.5. The van der Waals surface area contributed by atoms with Gasteiger partial charge in [0.2, 0.25) is 5.91 Å². The molecule has 0 spiro atoms. The molecule has 1 amide bonds. The summed E-state index contributed by atoms with van der Waals surface area (Å²) in [5.74, 6) is 0.659. The maximum atomic E-state index is 11.7. The minimum atomic E-state index is -0.627. The number of aliphatic hydroxyl groups is 1. The van der Waals surface area contributed by atoms with Crippen molar-refractivity contribution in [3.63, 3.8) is 0 Å². The largest absolute Gasteiger partial charge is 0.387 e. The molecule has 1 aliphatic rings. The number of carbonyl (C=O) groups is 1. The van der Waals surface area contributed by atoms with E-state index < -0.39 is 6.10 Å². The van der Waals surface area contributed by atoms with E-state index in [0.29, 0.717) is 12.3 Å². The second-order valence-electron chi connectivity index (χ2n) is 5.13. The van der Waals surface area contributed by atoms with Crippen LogP contribution in [0.1, 0.15) is 30.9 Å². The normalized spacial score (nSPS) is 19.1. The van der Waals surface area contributed by atoms with Gasteiger partial charge in [0.25, 0.3) is 0 Å². The number of benzene rings is 1. The molecule has 0 radical (unpaired) electrons. The van der Waals surface area contributed by atoms with Crippen molar-refractivity contribution in [3.05, 3.63) is 35.9 Å². The topological polar surface area (TPSA) is 61.4 Å². The number of carbonyl (C=O) groups excluding carboxylic acids is 1. The molecule has 0 saturated carbocycles. The van der Waals surface area contributed by atoms with Gasteiger partial charge in [-0.25, -0.2) is 0 Å². The number of hydrogen-bond donors (Lipinski definition) is 3. The third-order valence-corrected chi connectivity index (χ3v) is 3.62. The monoisotopic (exact) mass is 298 g/mol. The highest BCUT2D eigenvalue weighted by atomic mass is 35.5. The lowest BCUT2D eigenvalue weighted by Crippen LogP contribution is -2.28. The fourth-order valence-electron chi connectivity index (χ4n) is 2.39. The van der Waals surface area contributed by atoms with Crippen LogP contribution in [0.25, 0.3) is 0 Å². The molecule has 1 fully saturated rings. The molecule has 5 heteroatoms. The van der Waals surface area contributed by atoms with Gasteiger partial charge in [-0.05, 0) is 37.4 Å². The van der Waals surface area contributed by atoms with E-state index in [-0.39, 0.29) is 24.9 Å². The Balaban J connectivity index is 0.00000200. The third-order valence-electron chi connectivity index (χ3n) is 3.62. The summed E-state index contributed by atoms with van der Waals surface area (Å²) in [7, 11) is 0. The number of aliphatic hydroxyl groups excluding tert-OH is 1. The molecule has 3 N–H and O–H groups in total. The minimum absolute atomic E-state index is 0. The van der Waals surface area contributed by atoms with Crippen molar-refractivity contribution >= 4 is 18.3 Å². The van der Waals surface area contributed by atoms with Crippen LogP contribution >= 0.6 is 12.4 Å². The number of halogens is 1. The fourth-order valence-corrected chi connectivity index (χ4v) is 2.39. The van der Waals surface area contributed by atoms with Gasteiger partial charge in [-0.3, -0.25) is 4.79 Å². The first-order chi connectivity index (χ1) is 9.25. The lowest BCUT2D eigenvalue weighted by Gasteiger charge is -2.13. The Morgan fingerprint density at radius 2 is 2.15 bits per heavy atom. The van der Waals surface area contributed by atoms with Crippen LogP contribution in [0.15, 0.2) is 30.3 Å². The van der Waals surface area contributed by atoms with E-state index in [4.69, 9.17) is 0 Å². The first kappa shape index (κ1) is 17.0. The average molecular weight is 299 g/mol. The van der Waals surface area contributed by atoms with Crippen LogP contribution in [0.2, 0.25) is 0 Å². The fraction of sp³-hybridized carbons (Fsp3) is 0.533. The molecule has 1 aliphatic heterocycles. The van der Waals surface area contributed by atoms with Crippen LogP contribution in [0.4, 0.5) is 0 Å². The summed E-state index contributed by atoms with van der Waals surface area (Å²) < 4.78 is 0. The summed E-state index contributed by atoms with van der Waals surface area (Å²) in [5.41, 5.74) is 0.836. The number of rotatable bonds is 6. The van der Waals surface area contributed by atoms with Crippen molar-refractivity contribution < 1.29 is 9.90 Å². The van der Waals surface area contributed by atoms with Gasteiger partial charge in [-0.2, -0.15) is 0 Å². The third kappa shape index (κ3) is 5.49. The lowest BCUT2D eigenvalue weighted by atomic mass is 10.0. The second-order valence-corrected chi connectivity index (χ2v) is 5.13. The molecule has 2 atom stereocenters. The predicted octanol–water partition coefficient (Wildman–Crippen LogP) is 1.65. The molecule has 0 aromatic heterocycles. The molecule has 1 heterocycles. The van der Waals surface area contributed by atoms with Crippen LogP contribution in [0, 0.1) is 5.92 Å². The summed E-state index contributed by atoms with van der Waals surface area (Å²) >= 11 is 0. The highest BCUT2D eigenvalue weighted by Crippen LogP contribution is 2.14. The zero-order valence-electron chi connectivity index (χ0n) is 11.5. The standard InChI is InChI=1S/C15H22N2O2.ClH/c18-14(13-4-2-1-3-5-13)11-17-15(19)7-6-12-8-9-16-10-12;/h1-5,12,14,16,18H,6-11H2,(H,17,19);1H. The maximum absolute atomic E-state index is 11.7. The van der Waals surface area contributed by atoms with Crippen LogP contribution in [0.3, 0.4) is 0 Å². The molecule has 0 aliphatic carbocycles. The summed E-state index contributed by atoms with van der Waals surface area (Å²) in [6, 6.07) is 9.40.